The smallest absolute Gasteiger partial charge is 0.383 e. The molecule has 0 spiro atoms. The lowest BCUT2D eigenvalue weighted by atomic mass is 10.1. The molecule has 1 aliphatic heterocycles. The van der Waals surface area contributed by atoms with E-state index in [1.165, 1.54) is 6.07 Å². The van der Waals surface area contributed by atoms with Crippen LogP contribution in [0.25, 0.3) is 0 Å². The molecule has 1 aromatic carbocycles. The summed E-state index contributed by atoms with van der Waals surface area (Å²) in [6.45, 7) is 4.22. The van der Waals surface area contributed by atoms with E-state index in [0.717, 1.165) is 18.6 Å². The summed E-state index contributed by atoms with van der Waals surface area (Å²) in [4.78, 5) is 12.2. The first-order valence-electron chi connectivity index (χ1n) is 7.96. The highest BCUT2D eigenvalue weighted by Gasteiger charge is 2.31. The maximum absolute atomic E-state index is 12.9. The van der Waals surface area contributed by atoms with Crippen LogP contribution in [0.2, 0.25) is 0 Å². The normalized spacial score (nSPS) is 16.8. The van der Waals surface area contributed by atoms with Gasteiger partial charge in [0.1, 0.15) is 0 Å². The number of hydrogen-bond donors (Lipinski definition) is 3. The van der Waals surface area contributed by atoms with Gasteiger partial charge in [0.05, 0.1) is 30.2 Å². The van der Waals surface area contributed by atoms with Crippen molar-refractivity contribution in [3.05, 3.63) is 23.8 Å². The molecule has 150 valence electrons. The summed E-state index contributed by atoms with van der Waals surface area (Å²) in [6.07, 6.45) is -3.50. The van der Waals surface area contributed by atoms with Gasteiger partial charge in [-0.25, -0.2) is 0 Å². The van der Waals surface area contributed by atoms with Crippen LogP contribution in [0.1, 0.15) is 25.3 Å². The van der Waals surface area contributed by atoms with E-state index in [1.54, 1.807) is 0 Å². The summed E-state index contributed by atoms with van der Waals surface area (Å²) in [5.74, 6) is -0.350. The SMILES string of the molecule is CCCNc1ccc(C(F)(F)F)cc1NC(=O)CC1COCCN1.Cl.Cl. The Kier molecular flexibility index (Phi) is 10.9. The molecule has 0 saturated carbocycles. The lowest BCUT2D eigenvalue weighted by Gasteiger charge is -2.23. The van der Waals surface area contributed by atoms with Crippen molar-refractivity contribution in [3.8, 4) is 0 Å². The summed E-state index contributed by atoms with van der Waals surface area (Å²) in [5, 5.41) is 8.75. The van der Waals surface area contributed by atoms with Gasteiger partial charge in [-0.1, -0.05) is 6.92 Å². The van der Waals surface area contributed by atoms with Crippen LogP contribution in [-0.4, -0.2) is 38.3 Å². The number of anilines is 2. The highest BCUT2D eigenvalue weighted by Crippen LogP contribution is 2.34. The van der Waals surface area contributed by atoms with Crippen LogP contribution in [0.4, 0.5) is 24.5 Å². The zero-order valence-corrected chi connectivity index (χ0v) is 16.0. The average Bonchev–Trinajstić information content (AvgIpc) is 2.53. The van der Waals surface area contributed by atoms with E-state index in [4.69, 9.17) is 4.74 Å². The molecule has 1 atom stereocenters. The molecular formula is C16H24Cl2F3N3O2. The molecule has 0 bridgehead atoms. The van der Waals surface area contributed by atoms with Crippen LogP contribution in [0.3, 0.4) is 0 Å². The molecule has 1 saturated heterocycles. The molecule has 1 fully saturated rings. The second-order valence-electron chi connectivity index (χ2n) is 5.66. The molecule has 5 nitrogen and oxygen atoms in total. The van der Waals surface area contributed by atoms with Gasteiger partial charge in [0, 0.05) is 25.6 Å². The molecule has 0 aromatic heterocycles. The Morgan fingerprint density at radius 1 is 1.31 bits per heavy atom. The lowest BCUT2D eigenvalue weighted by molar-refractivity contribution is -0.137. The van der Waals surface area contributed by atoms with Crippen molar-refractivity contribution in [3.63, 3.8) is 0 Å². The molecule has 1 heterocycles. The molecule has 1 aromatic rings. The van der Waals surface area contributed by atoms with Crippen LogP contribution in [0.15, 0.2) is 18.2 Å². The second kappa shape index (κ2) is 11.5. The van der Waals surface area contributed by atoms with Gasteiger partial charge in [0.15, 0.2) is 0 Å². The quantitative estimate of drug-likeness (QED) is 0.660. The molecule has 10 heteroatoms. The number of carbonyl (C=O) groups excluding carboxylic acids is 1. The van der Waals surface area contributed by atoms with Crippen molar-refractivity contribution < 1.29 is 22.7 Å². The second-order valence-corrected chi connectivity index (χ2v) is 5.66. The predicted molar refractivity (Wildman–Crippen MR) is 101 cm³/mol. The minimum absolute atomic E-state index is 0. The summed E-state index contributed by atoms with van der Waals surface area (Å²) in [6, 6.07) is 3.18. The van der Waals surface area contributed by atoms with Crippen LogP contribution < -0.4 is 16.0 Å². The van der Waals surface area contributed by atoms with E-state index >= 15 is 0 Å². The third-order valence-electron chi connectivity index (χ3n) is 3.62. The van der Waals surface area contributed by atoms with E-state index in [1.807, 2.05) is 6.92 Å². The van der Waals surface area contributed by atoms with Gasteiger partial charge in [-0.15, -0.1) is 24.8 Å². The lowest BCUT2D eigenvalue weighted by Crippen LogP contribution is -2.43. The highest BCUT2D eigenvalue weighted by molar-refractivity contribution is 5.94. The van der Waals surface area contributed by atoms with Crippen molar-refractivity contribution in [1.82, 2.24) is 5.32 Å². The van der Waals surface area contributed by atoms with Crippen LogP contribution in [0, 0.1) is 0 Å². The predicted octanol–water partition coefficient (Wildman–Crippen LogP) is 3.69. The van der Waals surface area contributed by atoms with Crippen molar-refractivity contribution in [1.29, 1.82) is 0 Å². The number of morpholine rings is 1. The number of ether oxygens (including phenoxy) is 1. The van der Waals surface area contributed by atoms with Crippen molar-refractivity contribution >= 4 is 42.1 Å². The number of alkyl halides is 3. The van der Waals surface area contributed by atoms with Crippen molar-refractivity contribution in [2.75, 3.05) is 36.9 Å². The first-order chi connectivity index (χ1) is 11.4. The number of halogens is 5. The summed E-state index contributed by atoms with van der Waals surface area (Å²) < 4.78 is 44.0. The van der Waals surface area contributed by atoms with E-state index in [9.17, 15) is 18.0 Å². The van der Waals surface area contributed by atoms with Gasteiger partial charge in [0.25, 0.3) is 0 Å². The Bertz CT molecular complexity index is 568. The van der Waals surface area contributed by atoms with Gasteiger partial charge >= 0.3 is 6.18 Å². The Balaban J connectivity index is 0.00000312. The Morgan fingerprint density at radius 3 is 2.62 bits per heavy atom. The van der Waals surface area contributed by atoms with Gasteiger partial charge in [0.2, 0.25) is 5.91 Å². The first-order valence-corrected chi connectivity index (χ1v) is 7.96. The Hall–Kier alpha value is -1.22. The van der Waals surface area contributed by atoms with E-state index < -0.39 is 11.7 Å². The first kappa shape index (κ1) is 24.8. The Labute approximate surface area is 163 Å². The summed E-state index contributed by atoms with van der Waals surface area (Å²) >= 11 is 0. The Morgan fingerprint density at radius 2 is 2.04 bits per heavy atom. The molecule has 0 radical (unpaired) electrons. The van der Waals surface area contributed by atoms with Gasteiger partial charge in [-0.2, -0.15) is 13.2 Å². The van der Waals surface area contributed by atoms with E-state index in [2.05, 4.69) is 16.0 Å². The monoisotopic (exact) mass is 417 g/mol. The molecule has 1 unspecified atom stereocenters. The fraction of sp³-hybridized carbons (Fsp3) is 0.562. The minimum Gasteiger partial charge on any atom is -0.383 e. The number of hydrogen-bond acceptors (Lipinski definition) is 4. The molecule has 26 heavy (non-hydrogen) atoms. The number of rotatable bonds is 6. The van der Waals surface area contributed by atoms with Crippen LogP contribution in [-0.2, 0) is 15.7 Å². The molecule has 1 aliphatic rings. The van der Waals surface area contributed by atoms with Crippen molar-refractivity contribution in [2.24, 2.45) is 0 Å². The van der Waals surface area contributed by atoms with E-state index in [-0.39, 0.29) is 48.9 Å². The van der Waals surface area contributed by atoms with Gasteiger partial charge in [-0.05, 0) is 24.6 Å². The number of carbonyl (C=O) groups is 1. The standard InChI is InChI=1S/C16H22F3N3O2.2ClH/c1-2-5-21-13-4-3-11(16(17,18)19)8-14(13)22-15(23)9-12-10-24-7-6-20-12;;/h3-4,8,12,20-21H,2,5-7,9-10H2,1H3,(H,22,23);2*1H. The third kappa shape index (κ3) is 7.57. The number of amides is 1. The maximum atomic E-state index is 12.9. The molecular weight excluding hydrogens is 394 g/mol. The molecule has 2 rings (SSSR count). The van der Waals surface area contributed by atoms with Crippen molar-refractivity contribution in [2.45, 2.75) is 32.0 Å². The summed E-state index contributed by atoms with van der Waals surface area (Å²) in [7, 11) is 0. The highest BCUT2D eigenvalue weighted by atomic mass is 35.5. The third-order valence-corrected chi connectivity index (χ3v) is 3.62. The molecule has 1 amide bonds. The maximum Gasteiger partial charge on any atom is 0.416 e. The van der Waals surface area contributed by atoms with Gasteiger partial charge < -0.3 is 20.7 Å². The van der Waals surface area contributed by atoms with Crippen LogP contribution in [0.5, 0.6) is 0 Å². The van der Waals surface area contributed by atoms with Gasteiger partial charge in [-0.3, -0.25) is 4.79 Å². The van der Waals surface area contributed by atoms with Crippen LogP contribution >= 0.6 is 24.8 Å². The minimum atomic E-state index is -4.46. The zero-order chi connectivity index (χ0) is 17.6. The topological polar surface area (TPSA) is 62.4 Å². The number of nitrogens with one attached hydrogen (secondary N) is 3. The fourth-order valence-corrected chi connectivity index (χ4v) is 2.41. The number of benzene rings is 1. The summed E-state index contributed by atoms with van der Waals surface area (Å²) in [5.41, 5.74) is -0.176. The fourth-order valence-electron chi connectivity index (χ4n) is 2.41. The van der Waals surface area contributed by atoms with E-state index in [0.29, 0.717) is 32.0 Å². The average molecular weight is 418 g/mol. The molecule has 3 N–H and O–H groups in total. The molecule has 0 aliphatic carbocycles. The zero-order valence-electron chi connectivity index (χ0n) is 14.3. The largest absolute Gasteiger partial charge is 0.416 e.